The van der Waals surface area contributed by atoms with Gasteiger partial charge in [-0.3, -0.25) is 4.79 Å². The van der Waals surface area contributed by atoms with E-state index in [4.69, 9.17) is 0 Å². The Morgan fingerprint density at radius 2 is 1.67 bits per heavy atom. The van der Waals surface area contributed by atoms with E-state index in [-0.39, 0.29) is 18.7 Å². The van der Waals surface area contributed by atoms with Gasteiger partial charge in [-0.1, -0.05) is 17.7 Å². The number of sulfonamides is 1. The smallest absolute Gasteiger partial charge is 0.241 e. The van der Waals surface area contributed by atoms with E-state index in [1.165, 1.54) is 6.92 Å². The molecular formula is C13H19NO3S. The van der Waals surface area contributed by atoms with E-state index in [1.54, 1.807) is 13.8 Å². The van der Waals surface area contributed by atoms with E-state index in [0.29, 0.717) is 4.90 Å². The first-order valence-corrected chi connectivity index (χ1v) is 7.29. The second-order valence-electron chi connectivity index (χ2n) is 4.58. The van der Waals surface area contributed by atoms with Crippen molar-refractivity contribution < 1.29 is 13.2 Å². The molecule has 0 saturated heterocycles. The molecule has 1 N–H and O–H groups in total. The molecule has 0 saturated carbocycles. The molecule has 0 spiro atoms. The van der Waals surface area contributed by atoms with E-state index in [9.17, 15) is 13.2 Å². The van der Waals surface area contributed by atoms with Gasteiger partial charge >= 0.3 is 0 Å². The van der Waals surface area contributed by atoms with Gasteiger partial charge in [0, 0.05) is 13.0 Å². The highest BCUT2D eigenvalue weighted by atomic mass is 32.2. The molecule has 0 aliphatic rings. The molecule has 0 heterocycles. The van der Waals surface area contributed by atoms with Crippen LogP contribution in [0.25, 0.3) is 0 Å². The van der Waals surface area contributed by atoms with Gasteiger partial charge in [-0.2, -0.15) is 0 Å². The molecule has 4 nitrogen and oxygen atoms in total. The molecule has 0 bridgehead atoms. The van der Waals surface area contributed by atoms with Crippen molar-refractivity contribution in [3.8, 4) is 0 Å². The number of carbonyl (C=O) groups excluding carboxylic acids is 1. The molecule has 0 atom stereocenters. The summed E-state index contributed by atoms with van der Waals surface area (Å²) in [6, 6.07) is 3.68. The largest absolute Gasteiger partial charge is 0.300 e. The fourth-order valence-corrected chi connectivity index (χ4v) is 3.50. The van der Waals surface area contributed by atoms with Gasteiger partial charge in [-0.05, 0) is 38.8 Å². The van der Waals surface area contributed by atoms with Crippen LogP contribution in [0, 0.1) is 20.8 Å². The fourth-order valence-electron chi connectivity index (χ4n) is 2.02. The zero-order valence-corrected chi connectivity index (χ0v) is 12.0. The van der Waals surface area contributed by atoms with Gasteiger partial charge in [0.1, 0.15) is 5.78 Å². The summed E-state index contributed by atoms with van der Waals surface area (Å²) in [5, 5.41) is 0. The monoisotopic (exact) mass is 269 g/mol. The third-order valence-electron chi connectivity index (χ3n) is 2.64. The number of rotatable bonds is 5. The Balaban J connectivity index is 3.02. The first-order valence-electron chi connectivity index (χ1n) is 5.81. The average molecular weight is 269 g/mol. The normalized spacial score (nSPS) is 11.6. The SMILES string of the molecule is CC(=O)CCNS(=O)(=O)c1c(C)cc(C)cc1C. The lowest BCUT2D eigenvalue weighted by atomic mass is 10.1. The number of nitrogens with one attached hydrogen (secondary N) is 1. The minimum Gasteiger partial charge on any atom is -0.300 e. The van der Waals surface area contributed by atoms with E-state index in [0.717, 1.165) is 16.7 Å². The van der Waals surface area contributed by atoms with Crippen LogP contribution in [0.1, 0.15) is 30.0 Å². The summed E-state index contributed by atoms with van der Waals surface area (Å²) < 4.78 is 26.7. The second kappa shape index (κ2) is 5.63. The number of carbonyl (C=O) groups is 1. The summed E-state index contributed by atoms with van der Waals surface area (Å²) in [5.41, 5.74) is 2.48. The van der Waals surface area contributed by atoms with Crippen molar-refractivity contribution in [1.82, 2.24) is 4.72 Å². The van der Waals surface area contributed by atoms with Gasteiger partial charge in [0.05, 0.1) is 4.90 Å². The number of Topliss-reactive ketones (excluding diaryl/α,β-unsaturated/α-hetero) is 1. The standard InChI is InChI=1S/C13H19NO3S/c1-9-7-10(2)13(11(3)8-9)18(16,17)14-6-5-12(4)15/h7-8,14H,5-6H2,1-4H3. The lowest BCUT2D eigenvalue weighted by molar-refractivity contribution is -0.116. The van der Waals surface area contributed by atoms with Crippen LogP contribution in [0.5, 0.6) is 0 Å². The summed E-state index contributed by atoms with van der Waals surface area (Å²) in [6.45, 7) is 7.07. The fraction of sp³-hybridized carbons (Fsp3) is 0.462. The van der Waals surface area contributed by atoms with Crippen LogP contribution < -0.4 is 4.72 Å². The third kappa shape index (κ3) is 3.65. The van der Waals surface area contributed by atoms with E-state index >= 15 is 0 Å². The molecule has 5 heteroatoms. The zero-order valence-electron chi connectivity index (χ0n) is 11.2. The molecule has 18 heavy (non-hydrogen) atoms. The zero-order chi connectivity index (χ0) is 13.9. The lowest BCUT2D eigenvalue weighted by Crippen LogP contribution is -2.27. The predicted molar refractivity (Wildman–Crippen MR) is 71.1 cm³/mol. The summed E-state index contributed by atoms with van der Waals surface area (Å²) in [5.74, 6) is -0.0324. The number of hydrogen-bond donors (Lipinski definition) is 1. The Kier molecular flexibility index (Phi) is 4.65. The van der Waals surface area contributed by atoms with Gasteiger partial charge in [0.2, 0.25) is 10.0 Å². The van der Waals surface area contributed by atoms with Crippen molar-refractivity contribution in [2.75, 3.05) is 6.54 Å². The first-order chi connectivity index (χ1) is 8.24. The molecule has 100 valence electrons. The highest BCUT2D eigenvalue weighted by Crippen LogP contribution is 2.21. The highest BCUT2D eigenvalue weighted by Gasteiger charge is 2.19. The molecule has 1 rings (SSSR count). The Hall–Kier alpha value is -1.20. The van der Waals surface area contributed by atoms with Crippen molar-refractivity contribution in [2.45, 2.75) is 39.0 Å². The lowest BCUT2D eigenvalue weighted by Gasteiger charge is -2.12. The van der Waals surface area contributed by atoms with Crippen molar-refractivity contribution >= 4 is 15.8 Å². The highest BCUT2D eigenvalue weighted by molar-refractivity contribution is 7.89. The van der Waals surface area contributed by atoms with Crippen LogP contribution in [0.4, 0.5) is 0 Å². The average Bonchev–Trinajstić information content (AvgIpc) is 2.13. The van der Waals surface area contributed by atoms with Crippen molar-refractivity contribution in [3.63, 3.8) is 0 Å². The molecule has 0 unspecified atom stereocenters. The summed E-state index contributed by atoms with van der Waals surface area (Å²) in [6.07, 6.45) is 0.211. The third-order valence-corrected chi connectivity index (χ3v) is 4.41. The maximum atomic E-state index is 12.1. The Morgan fingerprint density at radius 1 is 1.17 bits per heavy atom. The Morgan fingerprint density at radius 3 is 2.11 bits per heavy atom. The number of benzene rings is 1. The Labute approximate surface area is 108 Å². The van der Waals surface area contributed by atoms with Crippen molar-refractivity contribution in [2.24, 2.45) is 0 Å². The summed E-state index contributed by atoms with van der Waals surface area (Å²) >= 11 is 0. The molecular weight excluding hydrogens is 250 g/mol. The van der Waals surface area contributed by atoms with Crippen LogP contribution in [-0.2, 0) is 14.8 Å². The van der Waals surface area contributed by atoms with Gasteiger partial charge in [-0.25, -0.2) is 13.1 Å². The van der Waals surface area contributed by atoms with Crippen LogP contribution >= 0.6 is 0 Å². The topological polar surface area (TPSA) is 63.2 Å². The minimum atomic E-state index is -3.54. The predicted octanol–water partition coefficient (Wildman–Crippen LogP) is 1.87. The molecule has 0 amide bonds. The molecule has 1 aromatic carbocycles. The molecule has 0 radical (unpaired) electrons. The number of ketones is 1. The van der Waals surface area contributed by atoms with Crippen LogP contribution in [0.3, 0.4) is 0 Å². The number of hydrogen-bond acceptors (Lipinski definition) is 3. The van der Waals surface area contributed by atoms with Crippen molar-refractivity contribution in [3.05, 3.63) is 28.8 Å². The molecule has 0 aliphatic carbocycles. The van der Waals surface area contributed by atoms with Gasteiger partial charge < -0.3 is 0 Å². The van der Waals surface area contributed by atoms with Gasteiger partial charge in [-0.15, -0.1) is 0 Å². The number of aryl methyl sites for hydroxylation is 3. The molecule has 1 aromatic rings. The maximum absolute atomic E-state index is 12.1. The van der Waals surface area contributed by atoms with Crippen LogP contribution in [0.2, 0.25) is 0 Å². The quantitative estimate of drug-likeness (QED) is 0.887. The Bertz CT molecular complexity index is 539. The van der Waals surface area contributed by atoms with Crippen LogP contribution in [-0.4, -0.2) is 20.7 Å². The molecule has 0 aromatic heterocycles. The summed E-state index contributed by atoms with van der Waals surface area (Å²) in [7, 11) is -3.54. The second-order valence-corrected chi connectivity index (χ2v) is 6.28. The van der Waals surface area contributed by atoms with Gasteiger partial charge in [0.15, 0.2) is 0 Å². The minimum absolute atomic E-state index is 0.0324. The van der Waals surface area contributed by atoms with Crippen molar-refractivity contribution in [1.29, 1.82) is 0 Å². The van der Waals surface area contributed by atoms with E-state index < -0.39 is 10.0 Å². The molecule has 0 aliphatic heterocycles. The van der Waals surface area contributed by atoms with E-state index in [1.807, 2.05) is 19.1 Å². The first kappa shape index (κ1) is 14.9. The van der Waals surface area contributed by atoms with Gasteiger partial charge in [0.25, 0.3) is 0 Å². The molecule has 0 fully saturated rings. The van der Waals surface area contributed by atoms with Crippen LogP contribution in [0.15, 0.2) is 17.0 Å². The summed E-state index contributed by atoms with van der Waals surface area (Å²) in [4.78, 5) is 11.1. The maximum Gasteiger partial charge on any atom is 0.241 e. The van der Waals surface area contributed by atoms with E-state index in [2.05, 4.69) is 4.72 Å².